The summed E-state index contributed by atoms with van der Waals surface area (Å²) in [6.45, 7) is 0.424. The average molecular weight is 283 g/mol. The van der Waals surface area contributed by atoms with Crippen molar-refractivity contribution in [1.29, 1.82) is 0 Å². The Morgan fingerprint density at radius 2 is 2.19 bits per heavy atom. The second-order valence-electron chi connectivity index (χ2n) is 3.49. The third-order valence-corrected chi connectivity index (χ3v) is 2.93. The highest BCUT2D eigenvalue weighted by Crippen LogP contribution is 2.28. The van der Waals surface area contributed by atoms with Crippen molar-refractivity contribution in [3.63, 3.8) is 0 Å². The first-order valence-electron chi connectivity index (χ1n) is 4.97. The van der Waals surface area contributed by atoms with E-state index in [-0.39, 0.29) is 17.1 Å². The van der Waals surface area contributed by atoms with Crippen molar-refractivity contribution in [2.45, 2.75) is 6.42 Å². The molecule has 1 aromatic carbocycles. The third-order valence-electron chi connectivity index (χ3n) is 2.45. The van der Waals surface area contributed by atoms with Crippen molar-refractivity contribution in [2.75, 3.05) is 22.1 Å². The first-order chi connectivity index (χ1) is 7.72. The Balaban J connectivity index is 2.42. The number of carbonyl (C=O) groups excluding carboxylic acids is 2. The van der Waals surface area contributed by atoms with Gasteiger partial charge in [0.25, 0.3) is 0 Å². The van der Waals surface area contributed by atoms with Gasteiger partial charge in [-0.2, -0.15) is 0 Å². The minimum Gasteiger partial charge on any atom is -0.324 e. The van der Waals surface area contributed by atoms with Gasteiger partial charge in [-0.1, -0.05) is 28.1 Å². The van der Waals surface area contributed by atoms with Crippen LogP contribution < -0.4 is 10.2 Å². The molecule has 4 nitrogen and oxygen atoms in total. The van der Waals surface area contributed by atoms with Crippen LogP contribution in [0.5, 0.6) is 0 Å². The van der Waals surface area contributed by atoms with Crippen LogP contribution in [0.15, 0.2) is 24.3 Å². The lowest BCUT2D eigenvalue weighted by atomic mass is 10.2. The quantitative estimate of drug-likeness (QED) is 0.798. The van der Waals surface area contributed by atoms with E-state index >= 15 is 0 Å². The van der Waals surface area contributed by atoms with Gasteiger partial charge < -0.3 is 10.2 Å². The maximum Gasteiger partial charge on any atom is 0.237 e. The van der Waals surface area contributed by atoms with Gasteiger partial charge in [0.05, 0.1) is 16.7 Å². The lowest BCUT2D eigenvalue weighted by Crippen LogP contribution is -2.32. The molecule has 0 saturated carbocycles. The second-order valence-corrected chi connectivity index (χ2v) is 4.06. The molecule has 0 unspecified atom stereocenters. The van der Waals surface area contributed by atoms with Crippen LogP contribution in [-0.2, 0) is 9.59 Å². The Hall–Kier alpha value is -1.36. The fraction of sp³-hybridized carbons (Fsp3) is 0.273. The number of nitrogens with one attached hydrogen (secondary N) is 1. The third kappa shape index (κ3) is 2.09. The van der Waals surface area contributed by atoms with Crippen LogP contribution in [0.3, 0.4) is 0 Å². The maximum absolute atomic E-state index is 11.7. The number of benzene rings is 1. The summed E-state index contributed by atoms with van der Waals surface area (Å²) in [5.41, 5.74) is 1.46. The number of hydrogen-bond acceptors (Lipinski definition) is 2. The van der Waals surface area contributed by atoms with Crippen LogP contribution in [0.4, 0.5) is 11.4 Å². The molecule has 0 saturated heterocycles. The van der Waals surface area contributed by atoms with Crippen LogP contribution in [0, 0.1) is 0 Å². The monoisotopic (exact) mass is 282 g/mol. The number of para-hydroxylation sites is 2. The van der Waals surface area contributed by atoms with E-state index < -0.39 is 0 Å². The minimum atomic E-state index is -0.0580. The molecule has 0 aromatic heterocycles. The van der Waals surface area contributed by atoms with Gasteiger partial charge in [0.15, 0.2) is 0 Å². The number of carbonyl (C=O) groups is 2. The molecular formula is C11H11BrN2O2. The molecule has 0 bridgehead atoms. The Morgan fingerprint density at radius 3 is 2.94 bits per heavy atom. The normalized spacial score (nSPS) is 15.1. The first-order valence-corrected chi connectivity index (χ1v) is 6.09. The number of halogens is 1. The van der Waals surface area contributed by atoms with Crippen molar-refractivity contribution in [1.82, 2.24) is 0 Å². The molecule has 1 N–H and O–H groups in total. The van der Waals surface area contributed by atoms with Crippen LogP contribution >= 0.6 is 15.9 Å². The predicted molar refractivity (Wildman–Crippen MR) is 65.8 cm³/mol. The number of hydrogen-bond donors (Lipinski definition) is 1. The van der Waals surface area contributed by atoms with Gasteiger partial charge in [-0.05, 0) is 12.1 Å². The molecule has 2 amide bonds. The molecule has 1 heterocycles. The lowest BCUT2D eigenvalue weighted by Gasteiger charge is -2.20. The highest BCUT2D eigenvalue weighted by molar-refractivity contribution is 9.09. The van der Waals surface area contributed by atoms with Gasteiger partial charge in [0, 0.05) is 13.0 Å². The van der Waals surface area contributed by atoms with E-state index in [2.05, 4.69) is 21.2 Å². The SMILES string of the molecule is O=C1CCN(C(=O)CBr)c2ccccc2N1. The average Bonchev–Trinajstić information content (AvgIpc) is 2.46. The Morgan fingerprint density at radius 1 is 1.44 bits per heavy atom. The summed E-state index contributed by atoms with van der Waals surface area (Å²) in [5.74, 6) is -0.0960. The largest absolute Gasteiger partial charge is 0.324 e. The molecule has 0 fully saturated rings. The van der Waals surface area contributed by atoms with Crippen molar-refractivity contribution >= 4 is 39.1 Å². The summed E-state index contributed by atoms with van der Waals surface area (Å²) in [7, 11) is 0. The van der Waals surface area contributed by atoms with Gasteiger partial charge in [-0.25, -0.2) is 0 Å². The molecule has 1 aliphatic heterocycles. The van der Waals surface area contributed by atoms with Crippen LogP contribution in [0.2, 0.25) is 0 Å². The molecular weight excluding hydrogens is 272 g/mol. The Bertz CT molecular complexity index is 434. The highest BCUT2D eigenvalue weighted by Gasteiger charge is 2.22. The first kappa shape index (κ1) is 11.1. The molecule has 0 atom stereocenters. The van der Waals surface area contributed by atoms with E-state index in [1.165, 1.54) is 0 Å². The Kier molecular flexibility index (Phi) is 3.24. The van der Waals surface area contributed by atoms with Crippen molar-refractivity contribution < 1.29 is 9.59 Å². The standard InChI is InChI=1S/C11H11BrN2O2/c12-7-11(16)14-6-5-10(15)13-8-3-1-2-4-9(8)14/h1-4H,5-7H2,(H,13,15). The van der Waals surface area contributed by atoms with Crippen LogP contribution in [0.25, 0.3) is 0 Å². The van der Waals surface area contributed by atoms with E-state index in [4.69, 9.17) is 0 Å². The maximum atomic E-state index is 11.7. The van der Waals surface area contributed by atoms with E-state index in [9.17, 15) is 9.59 Å². The molecule has 1 aliphatic rings. The summed E-state index contributed by atoms with van der Waals surface area (Å²) >= 11 is 3.15. The number of amides is 2. The smallest absolute Gasteiger partial charge is 0.237 e. The number of anilines is 2. The van der Waals surface area contributed by atoms with Gasteiger partial charge in [0.1, 0.15) is 0 Å². The van der Waals surface area contributed by atoms with Crippen LogP contribution in [-0.4, -0.2) is 23.7 Å². The summed E-state index contributed by atoms with van der Waals surface area (Å²) < 4.78 is 0. The summed E-state index contributed by atoms with van der Waals surface area (Å²) in [6, 6.07) is 7.32. The minimum absolute atomic E-state index is 0.0380. The Labute approximate surface area is 102 Å². The summed E-state index contributed by atoms with van der Waals surface area (Å²) in [6.07, 6.45) is 0.327. The van der Waals surface area contributed by atoms with Crippen LogP contribution in [0.1, 0.15) is 6.42 Å². The molecule has 0 aliphatic carbocycles. The molecule has 16 heavy (non-hydrogen) atoms. The number of fused-ring (bicyclic) bond motifs is 1. The van der Waals surface area contributed by atoms with Crippen molar-refractivity contribution in [3.05, 3.63) is 24.3 Å². The molecule has 1 aromatic rings. The fourth-order valence-corrected chi connectivity index (χ4v) is 2.00. The second kappa shape index (κ2) is 4.65. The number of alkyl halides is 1. The van der Waals surface area contributed by atoms with E-state index in [1.807, 2.05) is 18.2 Å². The zero-order valence-electron chi connectivity index (χ0n) is 8.57. The van der Waals surface area contributed by atoms with Gasteiger partial charge in [0.2, 0.25) is 11.8 Å². The number of nitrogens with zero attached hydrogens (tertiary/aromatic N) is 1. The van der Waals surface area contributed by atoms with Gasteiger partial charge in [-0.15, -0.1) is 0 Å². The molecule has 84 valence electrons. The van der Waals surface area contributed by atoms with E-state index in [0.29, 0.717) is 18.7 Å². The molecule has 0 spiro atoms. The molecule has 0 radical (unpaired) electrons. The lowest BCUT2D eigenvalue weighted by molar-refractivity contribution is -0.116. The van der Waals surface area contributed by atoms with E-state index in [1.54, 1.807) is 11.0 Å². The van der Waals surface area contributed by atoms with Crippen molar-refractivity contribution in [3.8, 4) is 0 Å². The van der Waals surface area contributed by atoms with Gasteiger partial charge >= 0.3 is 0 Å². The number of rotatable bonds is 1. The zero-order valence-corrected chi connectivity index (χ0v) is 10.2. The highest BCUT2D eigenvalue weighted by atomic mass is 79.9. The summed E-state index contributed by atoms with van der Waals surface area (Å²) in [5, 5.41) is 3.04. The molecule has 2 rings (SSSR count). The van der Waals surface area contributed by atoms with Crippen molar-refractivity contribution in [2.24, 2.45) is 0 Å². The fourth-order valence-electron chi connectivity index (χ4n) is 1.69. The predicted octanol–water partition coefficient (Wildman–Crippen LogP) is 1.76. The van der Waals surface area contributed by atoms with E-state index in [0.717, 1.165) is 5.69 Å². The topological polar surface area (TPSA) is 49.4 Å². The van der Waals surface area contributed by atoms with Gasteiger partial charge in [-0.3, -0.25) is 9.59 Å². The molecule has 5 heteroatoms. The summed E-state index contributed by atoms with van der Waals surface area (Å²) in [4.78, 5) is 24.8. The zero-order chi connectivity index (χ0) is 11.5.